The molecule has 0 aliphatic rings. The Kier molecular flexibility index (Phi) is 6.29. The summed E-state index contributed by atoms with van der Waals surface area (Å²) in [6.07, 6.45) is 1.65. The van der Waals surface area contributed by atoms with E-state index in [4.69, 9.17) is 9.47 Å². The van der Waals surface area contributed by atoms with E-state index in [-0.39, 0.29) is 25.5 Å². The van der Waals surface area contributed by atoms with Crippen LogP contribution in [0.15, 0.2) is 36.9 Å². The Balaban J connectivity index is 2.98. The first-order valence-corrected chi connectivity index (χ1v) is 6.33. The van der Waals surface area contributed by atoms with Gasteiger partial charge in [-0.05, 0) is 19.1 Å². The molecule has 1 amide bonds. The van der Waals surface area contributed by atoms with Gasteiger partial charge < -0.3 is 14.4 Å². The number of rotatable bonds is 7. The van der Waals surface area contributed by atoms with Crippen molar-refractivity contribution in [2.24, 2.45) is 0 Å². The molecule has 0 unspecified atom stereocenters. The van der Waals surface area contributed by atoms with Gasteiger partial charge in [0.05, 0.1) is 13.7 Å². The third-order valence-corrected chi connectivity index (χ3v) is 2.58. The molecule has 0 heterocycles. The second kappa shape index (κ2) is 7.99. The summed E-state index contributed by atoms with van der Waals surface area (Å²) < 4.78 is 10.0. The van der Waals surface area contributed by atoms with Crippen LogP contribution in [-0.4, -0.2) is 32.1 Å². The van der Waals surface area contributed by atoms with E-state index in [9.17, 15) is 9.59 Å². The highest BCUT2D eigenvalue weighted by atomic mass is 16.5. The Morgan fingerprint density at radius 2 is 2.15 bits per heavy atom. The van der Waals surface area contributed by atoms with Crippen LogP contribution in [0.5, 0.6) is 5.75 Å². The number of ether oxygens (including phenoxy) is 2. The van der Waals surface area contributed by atoms with Gasteiger partial charge in [-0.15, -0.1) is 6.58 Å². The summed E-state index contributed by atoms with van der Waals surface area (Å²) in [6.45, 7) is 5.41. The van der Waals surface area contributed by atoms with Crippen molar-refractivity contribution in [1.82, 2.24) is 0 Å². The van der Waals surface area contributed by atoms with Gasteiger partial charge in [-0.25, -0.2) is 0 Å². The predicted molar refractivity (Wildman–Crippen MR) is 76.8 cm³/mol. The number of carbonyl (C=O) groups excluding carboxylic acids is 2. The summed E-state index contributed by atoms with van der Waals surface area (Å²) >= 11 is 0. The van der Waals surface area contributed by atoms with E-state index in [1.165, 1.54) is 11.0 Å². The molecule has 5 heteroatoms. The van der Waals surface area contributed by atoms with E-state index in [1.807, 2.05) is 0 Å². The first-order valence-electron chi connectivity index (χ1n) is 6.33. The zero-order valence-electron chi connectivity index (χ0n) is 11.8. The van der Waals surface area contributed by atoms with Gasteiger partial charge >= 0.3 is 5.97 Å². The van der Waals surface area contributed by atoms with Crippen LogP contribution in [-0.2, 0) is 14.3 Å². The normalized spacial score (nSPS) is 9.70. The molecule has 0 aliphatic heterocycles. The molecule has 0 saturated carbocycles. The maximum Gasteiger partial charge on any atom is 0.326 e. The molecule has 1 aromatic carbocycles. The number of nitrogens with zero attached hydrogens (tertiary/aromatic N) is 1. The average Bonchev–Trinajstić information content (AvgIpc) is 2.45. The van der Waals surface area contributed by atoms with Crippen molar-refractivity contribution < 1.29 is 19.1 Å². The number of methoxy groups -OCH3 is 1. The van der Waals surface area contributed by atoms with Crippen molar-refractivity contribution in [3.63, 3.8) is 0 Å². The lowest BCUT2D eigenvalue weighted by Crippen LogP contribution is -2.36. The van der Waals surface area contributed by atoms with Gasteiger partial charge in [0.15, 0.2) is 0 Å². The van der Waals surface area contributed by atoms with Gasteiger partial charge in [-0.2, -0.15) is 0 Å². The molecule has 0 N–H and O–H groups in total. The standard InChI is InChI=1S/C15H19NO4/c1-4-7-14(17)16(11-15(18)20-5-2)12-8-6-9-13(10-12)19-3/h4,6,8-10H,1,5,7,11H2,2-3H3. The van der Waals surface area contributed by atoms with Crippen LogP contribution in [0.3, 0.4) is 0 Å². The molecular formula is C15H19NO4. The van der Waals surface area contributed by atoms with Crippen LogP contribution in [0.4, 0.5) is 5.69 Å². The fourth-order valence-electron chi connectivity index (χ4n) is 1.67. The van der Waals surface area contributed by atoms with Crippen LogP contribution < -0.4 is 9.64 Å². The third-order valence-electron chi connectivity index (χ3n) is 2.58. The summed E-state index contributed by atoms with van der Waals surface area (Å²) in [5.74, 6) is -0.0585. The number of anilines is 1. The number of amides is 1. The minimum absolute atomic E-state index is 0.131. The monoisotopic (exact) mass is 277 g/mol. The third kappa shape index (κ3) is 4.42. The molecule has 0 aliphatic carbocycles. The first-order chi connectivity index (χ1) is 9.62. The largest absolute Gasteiger partial charge is 0.497 e. The van der Waals surface area contributed by atoms with Crippen LogP contribution in [0.2, 0.25) is 0 Å². The van der Waals surface area contributed by atoms with Crippen LogP contribution in [0.25, 0.3) is 0 Å². The summed E-state index contributed by atoms with van der Waals surface area (Å²) in [6, 6.07) is 6.96. The Bertz CT molecular complexity index is 485. The quantitative estimate of drug-likeness (QED) is 0.566. The highest BCUT2D eigenvalue weighted by molar-refractivity contribution is 5.98. The van der Waals surface area contributed by atoms with E-state index in [1.54, 1.807) is 38.3 Å². The maximum atomic E-state index is 12.1. The number of hydrogen-bond acceptors (Lipinski definition) is 4. The summed E-state index contributed by atoms with van der Waals surface area (Å²) in [7, 11) is 1.54. The first kappa shape index (κ1) is 15.8. The number of hydrogen-bond donors (Lipinski definition) is 0. The number of carbonyl (C=O) groups is 2. The van der Waals surface area contributed by atoms with Crippen LogP contribution in [0.1, 0.15) is 13.3 Å². The molecule has 0 radical (unpaired) electrons. The van der Waals surface area contributed by atoms with Crippen molar-refractivity contribution in [1.29, 1.82) is 0 Å². The van der Waals surface area contributed by atoms with E-state index in [0.717, 1.165) is 0 Å². The van der Waals surface area contributed by atoms with Crippen LogP contribution in [0, 0.1) is 0 Å². The molecule has 0 spiro atoms. The van der Waals surface area contributed by atoms with E-state index in [2.05, 4.69) is 6.58 Å². The summed E-state index contributed by atoms with van der Waals surface area (Å²) in [5.41, 5.74) is 0.587. The molecule has 1 aromatic rings. The average molecular weight is 277 g/mol. The van der Waals surface area contributed by atoms with E-state index < -0.39 is 5.97 Å². The maximum absolute atomic E-state index is 12.1. The van der Waals surface area contributed by atoms with Gasteiger partial charge in [0.2, 0.25) is 5.91 Å². The Hall–Kier alpha value is -2.30. The molecule has 0 saturated heterocycles. The van der Waals surface area contributed by atoms with Gasteiger partial charge in [0.25, 0.3) is 0 Å². The molecular weight excluding hydrogens is 258 g/mol. The van der Waals surface area contributed by atoms with Gasteiger partial charge in [-0.3, -0.25) is 9.59 Å². The fourth-order valence-corrected chi connectivity index (χ4v) is 1.67. The van der Waals surface area contributed by atoms with Crippen molar-refractivity contribution in [2.45, 2.75) is 13.3 Å². The fraction of sp³-hybridized carbons (Fsp3) is 0.333. The molecule has 1 rings (SSSR count). The molecule has 0 aromatic heterocycles. The molecule has 0 fully saturated rings. The zero-order valence-corrected chi connectivity index (χ0v) is 11.8. The van der Waals surface area contributed by atoms with Crippen molar-refractivity contribution in [2.75, 3.05) is 25.2 Å². The molecule has 5 nitrogen and oxygen atoms in total. The minimum Gasteiger partial charge on any atom is -0.497 e. The predicted octanol–water partition coefficient (Wildman–Crippen LogP) is 2.17. The molecule has 108 valence electrons. The summed E-state index contributed by atoms with van der Waals surface area (Å²) in [4.78, 5) is 25.1. The lowest BCUT2D eigenvalue weighted by Gasteiger charge is -2.21. The van der Waals surface area contributed by atoms with Gasteiger partial charge in [0, 0.05) is 18.2 Å². The zero-order chi connectivity index (χ0) is 15.0. The highest BCUT2D eigenvalue weighted by Crippen LogP contribution is 2.21. The summed E-state index contributed by atoms with van der Waals surface area (Å²) in [5, 5.41) is 0. The minimum atomic E-state index is -0.451. The van der Waals surface area contributed by atoms with Gasteiger partial charge in [-0.1, -0.05) is 12.1 Å². The van der Waals surface area contributed by atoms with Crippen LogP contribution >= 0.6 is 0 Å². The molecule has 0 bridgehead atoms. The van der Waals surface area contributed by atoms with Crippen molar-refractivity contribution >= 4 is 17.6 Å². The topological polar surface area (TPSA) is 55.8 Å². The molecule has 0 atom stereocenters. The Labute approximate surface area is 118 Å². The second-order valence-electron chi connectivity index (χ2n) is 3.98. The number of benzene rings is 1. The smallest absolute Gasteiger partial charge is 0.326 e. The van der Waals surface area contributed by atoms with E-state index >= 15 is 0 Å². The highest BCUT2D eigenvalue weighted by Gasteiger charge is 2.19. The lowest BCUT2D eigenvalue weighted by atomic mass is 10.2. The number of esters is 1. The lowest BCUT2D eigenvalue weighted by molar-refractivity contribution is -0.142. The molecule has 20 heavy (non-hydrogen) atoms. The van der Waals surface area contributed by atoms with Crippen molar-refractivity contribution in [3.8, 4) is 5.75 Å². The van der Waals surface area contributed by atoms with Gasteiger partial charge in [0.1, 0.15) is 12.3 Å². The Morgan fingerprint density at radius 1 is 1.40 bits per heavy atom. The SMILES string of the molecule is C=CCC(=O)N(CC(=O)OCC)c1cccc(OC)c1. The van der Waals surface area contributed by atoms with E-state index in [0.29, 0.717) is 11.4 Å². The second-order valence-corrected chi connectivity index (χ2v) is 3.98. The Morgan fingerprint density at radius 3 is 2.75 bits per heavy atom. The van der Waals surface area contributed by atoms with Crippen molar-refractivity contribution in [3.05, 3.63) is 36.9 Å².